The lowest BCUT2D eigenvalue weighted by molar-refractivity contribution is 0.482. The van der Waals surface area contributed by atoms with Gasteiger partial charge in [-0.1, -0.05) is 26.0 Å². The molecule has 1 aliphatic heterocycles. The van der Waals surface area contributed by atoms with Crippen molar-refractivity contribution in [1.82, 2.24) is 0 Å². The first-order valence-corrected chi connectivity index (χ1v) is 6.01. The third-order valence-electron chi connectivity index (χ3n) is 2.96. The summed E-state index contributed by atoms with van der Waals surface area (Å²) in [5.74, 6) is 0.704. The molecule has 0 bridgehead atoms. The largest absolute Gasteiger partial charge is 0.381 e. The number of para-hydroxylation sites is 1. The second-order valence-electron chi connectivity index (χ2n) is 4.31. The standard InChI is InChI=1S/C12H16BrN/c1-8(2)11-7-6-9-4-3-5-10(13)12(9)14-11/h3-5,8,11,14H,6-7H2,1-2H3. The van der Waals surface area contributed by atoms with Gasteiger partial charge < -0.3 is 5.32 Å². The Balaban J connectivity index is 2.29. The third-order valence-corrected chi connectivity index (χ3v) is 3.62. The molecule has 0 fully saturated rings. The van der Waals surface area contributed by atoms with Gasteiger partial charge in [0.1, 0.15) is 0 Å². The minimum Gasteiger partial charge on any atom is -0.381 e. The molecule has 2 rings (SSSR count). The lowest BCUT2D eigenvalue weighted by Gasteiger charge is -2.30. The molecule has 0 saturated carbocycles. The van der Waals surface area contributed by atoms with Crippen LogP contribution in [0.25, 0.3) is 0 Å². The van der Waals surface area contributed by atoms with Crippen LogP contribution in [0.5, 0.6) is 0 Å². The van der Waals surface area contributed by atoms with E-state index in [1.165, 1.54) is 28.6 Å². The maximum Gasteiger partial charge on any atom is 0.0519 e. The number of aryl methyl sites for hydroxylation is 1. The summed E-state index contributed by atoms with van der Waals surface area (Å²) in [6.45, 7) is 4.55. The zero-order valence-electron chi connectivity index (χ0n) is 8.68. The fourth-order valence-electron chi connectivity index (χ4n) is 2.01. The van der Waals surface area contributed by atoms with E-state index in [1.807, 2.05) is 0 Å². The number of halogens is 1. The highest BCUT2D eigenvalue weighted by Crippen LogP contribution is 2.33. The van der Waals surface area contributed by atoms with E-state index < -0.39 is 0 Å². The molecule has 0 saturated heterocycles. The highest BCUT2D eigenvalue weighted by atomic mass is 79.9. The van der Waals surface area contributed by atoms with Gasteiger partial charge in [-0.05, 0) is 46.3 Å². The van der Waals surface area contributed by atoms with Crippen LogP contribution in [0.1, 0.15) is 25.8 Å². The average Bonchev–Trinajstić information content (AvgIpc) is 2.18. The molecule has 1 unspecified atom stereocenters. The quantitative estimate of drug-likeness (QED) is 0.803. The van der Waals surface area contributed by atoms with Crippen molar-refractivity contribution >= 4 is 21.6 Å². The van der Waals surface area contributed by atoms with Crippen LogP contribution in [-0.4, -0.2) is 6.04 Å². The molecule has 0 spiro atoms. The summed E-state index contributed by atoms with van der Waals surface area (Å²) in [4.78, 5) is 0. The molecule has 1 aliphatic rings. The summed E-state index contributed by atoms with van der Waals surface area (Å²) < 4.78 is 1.19. The number of nitrogens with one attached hydrogen (secondary N) is 1. The minimum absolute atomic E-state index is 0.626. The summed E-state index contributed by atoms with van der Waals surface area (Å²) in [6.07, 6.45) is 2.45. The summed E-state index contributed by atoms with van der Waals surface area (Å²) in [5, 5.41) is 3.62. The molecule has 0 aromatic heterocycles. The van der Waals surface area contributed by atoms with Crippen molar-refractivity contribution in [2.75, 3.05) is 5.32 Å². The Morgan fingerprint density at radius 3 is 2.93 bits per heavy atom. The van der Waals surface area contributed by atoms with Crippen LogP contribution in [0.15, 0.2) is 22.7 Å². The fourth-order valence-corrected chi connectivity index (χ4v) is 2.53. The van der Waals surface area contributed by atoms with Crippen LogP contribution in [0, 0.1) is 5.92 Å². The number of fused-ring (bicyclic) bond motifs is 1. The number of rotatable bonds is 1. The summed E-state index contributed by atoms with van der Waals surface area (Å²) in [5.41, 5.74) is 2.74. The molecule has 1 heterocycles. The maximum absolute atomic E-state index is 3.62. The van der Waals surface area contributed by atoms with E-state index in [0.717, 1.165) is 0 Å². The summed E-state index contributed by atoms with van der Waals surface area (Å²) in [7, 11) is 0. The zero-order valence-corrected chi connectivity index (χ0v) is 10.3. The Hall–Kier alpha value is -0.500. The van der Waals surface area contributed by atoms with Crippen molar-refractivity contribution in [1.29, 1.82) is 0 Å². The van der Waals surface area contributed by atoms with Gasteiger partial charge in [-0.3, -0.25) is 0 Å². The predicted molar refractivity (Wildman–Crippen MR) is 64.7 cm³/mol. The molecular formula is C12H16BrN. The molecule has 1 aromatic carbocycles. The van der Waals surface area contributed by atoms with Gasteiger partial charge in [0.15, 0.2) is 0 Å². The molecular weight excluding hydrogens is 238 g/mol. The third kappa shape index (κ3) is 1.81. The predicted octanol–water partition coefficient (Wildman–Crippen LogP) is 3.83. The Morgan fingerprint density at radius 1 is 1.43 bits per heavy atom. The van der Waals surface area contributed by atoms with Crippen molar-refractivity contribution in [3.63, 3.8) is 0 Å². The Bertz CT molecular complexity index is 333. The van der Waals surface area contributed by atoms with E-state index >= 15 is 0 Å². The Kier molecular flexibility index (Phi) is 2.82. The number of benzene rings is 1. The van der Waals surface area contributed by atoms with Gasteiger partial charge in [0.2, 0.25) is 0 Å². The van der Waals surface area contributed by atoms with Crippen LogP contribution in [0.2, 0.25) is 0 Å². The molecule has 1 aromatic rings. The first-order valence-electron chi connectivity index (χ1n) is 5.22. The lowest BCUT2D eigenvalue weighted by atomic mass is 9.92. The van der Waals surface area contributed by atoms with E-state index in [9.17, 15) is 0 Å². The molecule has 0 radical (unpaired) electrons. The van der Waals surface area contributed by atoms with E-state index in [0.29, 0.717) is 12.0 Å². The van der Waals surface area contributed by atoms with Gasteiger partial charge in [0.05, 0.1) is 5.69 Å². The highest BCUT2D eigenvalue weighted by molar-refractivity contribution is 9.10. The topological polar surface area (TPSA) is 12.0 Å². The number of anilines is 1. The van der Waals surface area contributed by atoms with Crippen molar-refractivity contribution in [2.45, 2.75) is 32.7 Å². The average molecular weight is 254 g/mol. The molecule has 2 heteroatoms. The van der Waals surface area contributed by atoms with Crippen LogP contribution >= 0.6 is 15.9 Å². The first-order chi connectivity index (χ1) is 6.68. The molecule has 14 heavy (non-hydrogen) atoms. The van der Waals surface area contributed by atoms with Gasteiger partial charge in [-0.25, -0.2) is 0 Å². The lowest BCUT2D eigenvalue weighted by Crippen LogP contribution is -2.30. The molecule has 76 valence electrons. The van der Waals surface area contributed by atoms with Crippen molar-refractivity contribution in [3.8, 4) is 0 Å². The summed E-state index contributed by atoms with van der Waals surface area (Å²) >= 11 is 3.60. The van der Waals surface area contributed by atoms with E-state index in [2.05, 4.69) is 53.3 Å². The van der Waals surface area contributed by atoms with E-state index in [4.69, 9.17) is 0 Å². The summed E-state index contributed by atoms with van der Waals surface area (Å²) in [6, 6.07) is 7.06. The van der Waals surface area contributed by atoms with Crippen molar-refractivity contribution in [2.24, 2.45) is 5.92 Å². The molecule has 0 aliphatic carbocycles. The zero-order chi connectivity index (χ0) is 10.1. The second kappa shape index (κ2) is 3.93. The van der Waals surface area contributed by atoms with Crippen molar-refractivity contribution in [3.05, 3.63) is 28.2 Å². The minimum atomic E-state index is 0.626. The number of hydrogen-bond acceptors (Lipinski definition) is 1. The van der Waals surface area contributed by atoms with Crippen LogP contribution in [0.4, 0.5) is 5.69 Å². The fraction of sp³-hybridized carbons (Fsp3) is 0.500. The van der Waals surface area contributed by atoms with E-state index in [-0.39, 0.29) is 0 Å². The van der Waals surface area contributed by atoms with Gasteiger partial charge in [0.25, 0.3) is 0 Å². The van der Waals surface area contributed by atoms with Gasteiger partial charge in [-0.15, -0.1) is 0 Å². The SMILES string of the molecule is CC(C)C1CCc2cccc(Br)c2N1. The van der Waals surface area contributed by atoms with Gasteiger partial charge in [0, 0.05) is 10.5 Å². The molecule has 1 N–H and O–H groups in total. The van der Waals surface area contributed by atoms with Crippen LogP contribution < -0.4 is 5.32 Å². The first kappa shape index (κ1) is 10.0. The van der Waals surface area contributed by atoms with Gasteiger partial charge in [-0.2, -0.15) is 0 Å². The molecule has 1 atom stereocenters. The molecule has 1 nitrogen and oxygen atoms in total. The van der Waals surface area contributed by atoms with E-state index in [1.54, 1.807) is 0 Å². The second-order valence-corrected chi connectivity index (χ2v) is 5.16. The number of hydrogen-bond donors (Lipinski definition) is 1. The molecule has 0 amide bonds. The van der Waals surface area contributed by atoms with Gasteiger partial charge >= 0.3 is 0 Å². The maximum atomic E-state index is 3.62. The normalized spacial score (nSPS) is 20.4. The van der Waals surface area contributed by atoms with Crippen LogP contribution in [-0.2, 0) is 6.42 Å². The smallest absolute Gasteiger partial charge is 0.0519 e. The Morgan fingerprint density at radius 2 is 2.21 bits per heavy atom. The van der Waals surface area contributed by atoms with Crippen molar-refractivity contribution < 1.29 is 0 Å². The monoisotopic (exact) mass is 253 g/mol. The van der Waals surface area contributed by atoms with Crippen LogP contribution in [0.3, 0.4) is 0 Å². The Labute approximate surface area is 94.0 Å². The highest BCUT2D eigenvalue weighted by Gasteiger charge is 2.21.